The molecule has 1 unspecified atom stereocenters. The van der Waals surface area contributed by atoms with Crippen LogP contribution in [0.2, 0.25) is 0 Å². The van der Waals surface area contributed by atoms with Gasteiger partial charge in [0.1, 0.15) is 5.82 Å². The third-order valence-corrected chi connectivity index (χ3v) is 2.64. The molecule has 0 radical (unpaired) electrons. The molecule has 0 saturated carbocycles. The summed E-state index contributed by atoms with van der Waals surface area (Å²) < 4.78 is 17.7. The molecule has 0 saturated heterocycles. The molecule has 0 aromatic heterocycles. The van der Waals surface area contributed by atoms with E-state index in [1.54, 1.807) is 6.92 Å². The third-order valence-electron chi connectivity index (χ3n) is 2.64. The zero-order valence-corrected chi connectivity index (χ0v) is 11.1. The van der Waals surface area contributed by atoms with Gasteiger partial charge in [0.15, 0.2) is 0 Å². The number of rotatable bonds is 6. The van der Waals surface area contributed by atoms with Crippen molar-refractivity contribution in [1.29, 1.82) is 0 Å². The number of ether oxygens (including phenoxy) is 1. The predicted octanol–water partition coefficient (Wildman–Crippen LogP) is 1.73. The molecule has 0 heterocycles. The van der Waals surface area contributed by atoms with Crippen molar-refractivity contribution >= 4 is 11.7 Å². The molecule has 6 heteroatoms. The lowest BCUT2D eigenvalue weighted by Gasteiger charge is -2.29. The third kappa shape index (κ3) is 5.23. The lowest BCUT2D eigenvalue weighted by Crippen LogP contribution is -2.51. The van der Waals surface area contributed by atoms with E-state index in [0.29, 0.717) is 12.1 Å². The maximum Gasteiger partial charge on any atom is 0.319 e. The molecule has 0 aliphatic rings. The first-order valence-corrected chi connectivity index (χ1v) is 5.93. The van der Waals surface area contributed by atoms with Crippen LogP contribution in [0, 0.1) is 5.82 Å². The van der Waals surface area contributed by atoms with Crippen molar-refractivity contribution in [3.8, 4) is 0 Å². The fraction of sp³-hybridized carbons (Fsp3) is 0.462. The molecule has 0 bridgehead atoms. The Morgan fingerprint density at radius 3 is 2.58 bits per heavy atom. The molecule has 106 valence electrons. The number of aliphatic hydroxyl groups is 1. The topological polar surface area (TPSA) is 70.6 Å². The summed E-state index contributed by atoms with van der Waals surface area (Å²) in [5, 5.41) is 14.3. The molecule has 0 aliphatic carbocycles. The van der Waals surface area contributed by atoms with Crippen molar-refractivity contribution in [2.24, 2.45) is 0 Å². The van der Waals surface area contributed by atoms with Gasteiger partial charge in [-0.1, -0.05) is 0 Å². The van der Waals surface area contributed by atoms with Crippen LogP contribution in [0.3, 0.4) is 0 Å². The van der Waals surface area contributed by atoms with Gasteiger partial charge in [-0.15, -0.1) is 0 Å². The molecule has 1 atom stereocenters. The van der Waals surface area contributed by atoms with Crippen LogP contribution >= 0.6 is 0 Å². The standard InChI is InChI=1S/C13H19FN2O3/c1-13(7-8-17,9-19-2)16-12(18)15-11-5-3-10(14)4-6-11/h3-6,17H,7-9H2,1-2H3,(H2,15,16,18). The summed E-state index contributed by atoms with van der Waals surface area (Å²) >= 11 is 0. The second kappa shape index (κ2) is 7.06. The van der Waals surface area contributed by atoms with E-state index >= 15 is 0 Å². The number of urea groups is 1. The van der Waals surface area contributed by atoms with Gasteiger partial charge in [0.2, 0.25) is 0 Å². The number of nitrogens with one attached hydrogen (secondary N) is 2. The van der Waals surface area contributed by atoms with E-state index in [1.807, 2.05) is 0 Å². The maximum atomic E-state index is 12.7. The first-order valence-electron chi connectivity index (χ1n) is 5.93. The number of aliphatic hydroxyl groups excluding tert-OH is 1. The van der Waals surface area contributed by atoms with Gasteiger partial charge < -0.3 is 20.5 Å². The van der Waals surface area contributed by atoms with Crippen LogP contribution in [-0.2, 0) is 4.74 Å². The van der Waals surface area contributed by atoms with Crippen molar-refractivity contribution in [1.82, 2.24) is 5.32 Å². The van der Waals surface area contributed by atoms with Gasteiger partial charge in [-0.25, -0.2) is 9.18 Å². The Balaban J connectivity index is 2.59. The number of hydrogen-bond acceptors (Lipinski definition) is 3. The van der Waals surface area contributed by atoms with Crippen molar-refractivity contribution in [2.75, 3.05) is 25.6 Å². The Kier molecular flexibility index (Phi) is 5.72. The molecular weight excluding hydrogens is 251 g/mol. The Bertz CT molecular complexity index is 403. The zero-order valence-electron chi connectivity index (χ0n) is 11.1. The summed E-state index contributed by atoms with van der Waals surface area (Å²) in [4.78, 5) is 11.8. The number of methoxy groups -OCH3 is 1. The highest BCUT2D eigenvalue weighted by atomic mass is 19.1. The number of halogens is 1. The van der Waals surface area contributed by atoms with Gasteiger partial charge >= 0.3 is 6.03 Å². The van der Waals surface area contributed by atoms with Crippen molar-refractivity contribution in [3.63, 3.8) is 0 Å². The van der Waals surface area contributed by atoms with E-state index in [-0.39, 0.29) is 19.0 Å². The molecule has 3 N–H and O–H groups in total. The van der Waals surface area contributed by atoms with Crippen LogP contribution in [0.25, 0.3) is 0 Å². The largest absolute Gasteiger partial charge is 0.396 e. The van der Waals surface area contributed by atoms with Crippen LogP contribution < -0.4 is 10.6 Å². The average molecular weight is 270 g/mol. The minimum Gasteiger partial charge on any atom is -0.396 e. The number of hydrogen-bond donors (Lipinski definition) is 3. The van der Waals surface area contributed by atoms with Crippen LogP contribution in [0.15, 0.2) is 24.3 Å². The molecule has 1 aromatic carbocycles. The first-order chi connectivity index (χ1) is 8.99. The second-order valence-electron chi connectivity index (χ2n) is 4.55. The SMILES string of the molecule is COCC(C)(CCO)NC(=O)Nc1ccc(F)cc1. The first kappa shape index (κ1) is 15.4. The number of anilines is 1. The Hall–Kier alpha value is -1.66. The highest BCUT2D eigenvalue weighted by Crippen LogP contribution is 2.12. The number of carbonyl (C=O) groups excluding carboxylic acids is 1. The quantitative estimate of drug-likeness (QED) is 0.737. The molecule has 2 amide bonds. The second-order valence-corrected chi connectivity index (χ2v) is 4.55. The summed E-state index contributed by atoms with van der Waals surface area (Å²) in [6.45, 7) is 2.00. The van der Waals surface area contributed by atoms with Gasteiger partial charge in [0.05, 0.1) is 12.1 Å². The highest BCUT2D eigenvalue weighted by molar-refractivity contribution is 5.89. The van der Waals surface area contributed by atoms with Crippen LogP contribution in [0.1, 0.15) is 13.3 Å². The number of carbonyl (C=O) groups is 1. The van der Waals surface area contributed by atoms with E-state index in [2.05, 4.69) is 10.6 Å². The Labute approximate surface area is 111 Å². The summed E-state index contributed by atoms with van der Waals surface area (Å²) in [7, 11) is 1.52. The van der Waals surface area contributed by atoms with Gasteiger partial charge in [-0.05, 0) is 37.6 Å². The molecule has 0 spiro atoms. The van der Waals surface area contributed by atoms with Gasteiger partial charge in [0, 0.05) is 19.4 Å². The molecule has 19 heavy (non-hydrogen) atoms. The fourth-order valence-electron chi connectivity index (χ4n) is 1.71. The summed E-state index contributed by atoms with van der Waals surface area (Å²) in [6.07, 6.45) is 0.373. The lowest BCUT2D eigenvalue weighted by molar-refractivity contribution is 0.104. The minimum atomic E-state index is -0.659. The molecule has 5 nitrogen and oxygen atoms in total. The van der Waals surface area contributed by atoms with E-state index in [1.165, 1.54) is 31.4 Å². The smallest absolute Gasteiger partial charge is 0.319 e. The monoisotopic (exact) mass is 270 g/mol. The van der Waals surface area contributed by atoms with Crippen molar-refractivity contribution in [2.45, 2.75) is 18.9 Å². The van der Waals surface area contributed by atoms with E-state index in [0.717, 1.165) is 0 Å². The Morgan fingerprint density at radius 2 is 2.05 bits per heavy atom. The van der Waals surface area contributed by atoms with Gasteiger partial charge in [-0.2, -0.15) is 0 Å². The van der Waals surface area contributed by atoms with Gasteiger partial charge in [0.25, 0.3) is 0 Å². The molecular formula is C13H19FN2O3. The number of amides is 2. The van der Waals surface area contributed by atoms with Crippen LogP contribution in [0.5, 0.6) is 0 Å². The van der Waals surface area contributed by atoms with Crippen molar-refractivity contribution in [3.05, 3.63) is 30.1 Å². The maximum absolute atomic E-state index is 12.7. The number of benzene rings is 1. The van der Waals surface area contributed by atoms with Crippen LogP contribution in [0.4, 0.5) is 14.9 Å². The lowest BCUT2D eigenvalue weighted by atomic mass is 10.00. The summed E-state index contributed by atoms with van der Waals surface area (Å²) in [6, 6.07) is 5.03. The normalized spacial score (nSPS) is 13.7. The molecule has 0 aliphatic heterocycles. The zero-order chi connectivity index (χ0) is 14.3. The van der Waals surface area contributed by atoms with E-state index in [4.69, 9.17) is 9.84 Å². The van der Waals surface area contributed by atoms with Gasteiger partial charge in [-0.3, -0.25) is 0 Å². The summed E-state index contributed by atoms with van der Waals surface area (Å²) in [5.41, 5.74) is -0.171. The molecule has 0 fully saturated rings. The minimum absolute atomic E-state index is 0.0588. The highest BCUT2D eigenvalue weighted by Gasteiger charge is 2.25. The molecule has 1 rings (SSSR count). The fourth-order valence-corrected chi connectivity index (χ4v) is 1.71. The van der Waals surface area contributed by atoms with E-state index in [9.17, 15) is 9.18 Å². The van der Waals surface area contributed by atoms with Crippen molar-refractivity contribution < 1.29 is 19.0 Å². The predicted molar refractivity (Wildman–Crippen MR) is 70.5 cm³/mol. The average Bonchev–Trinajstić information content (AvgIpc) is 2.32. The van der Waals surface area contributed by atoms with Crippen LogP contribution in [-0.4, -0.2) is 37.0 Å². The molecule has 1 aromatic rings. The van der Waals surface area contributed by atoms with E-state index < -0.39 is 11.6 Å². The Morgan fingerprint density at radius 1 is 1.42 bits per heavy atom. The summed E-state index contributed by atoms with van der Waals surface area (Å²) in [5.74, 6) is -0.365.